The average Bonchev–Trinajstić information content (AvgIpc) is 2.82. The molecule has 1 N–H and O–H groups in total. The Morgan fingerprint density at radius 3 is 2.61 bits per heavy atom. The Kier molecular flexibility index (Phi) is 4.00. The molecule has 0 radical (unpaired) electrons. The minimum absolute atomic E-state index is 0.0757. The molecule has 0 bridgehead atoms. The Hall–Kier alpha value is -1.76. The van der Waals surface area contributed by atoms with Gasteiger partial charge in [-0.2, -0.15) is 0 Å². The van der Waals surface area contributed by atoms with Crippen molar-refractivity contribution in [2.24, 2.45) is 0 Å². The Bertz CT molecular complexity index is 1010. The maximum Gasteiger partial charge on any atom is 0.263 e. The molecule has 3 aromatic rings. The molecular formula is C15H12Cl2N2O3S. The molecule has 23 heavy (non-hydrogen) atoms. The van der Waals surface area contributed by atoms with Crippen LogP contribution < -0.4 is 4.72 Å². The summed E-state index contributed by atoms with van der Waals surface area (Å²) in [6.45, 7) is 3.56. The van der Waals surface area contributed by atoms with E-state index in [9.17, 15) is 8.42 Å². The highest BCUT2D eigenvalue weighted by Gasteiger charge is 2.20. The zero-order valence-corrected chi connectivity index (χ0v) is 14.6. The molecule has 0 unspecified atom stereocenters. The molecular weight excluding hydrogens is 359 g/mol. The molecule has 120 valence electrons. The van der Waals surface area contributed by atoms with Crippen molar-refractivity contribution in [2.45, 2.75) is 18.7 Å². The van der Waals surface area contributed by atoms with Crippen molar-refractivity contribution in [3.8, 4) is 0 Å². The fourth-order valence-electron chi connectivity index (χ4n) is 2.20. The van der Waals surface area contributed by atoms with E-state index in [-0.39, 0.29) is 14.9 Å². The molecule has 0 fully saturated rings. The van der Waals surface area contributed by atoms with Crippen molar-refractivity contribution < 1.29 is 12.9 Å². The highest BCUT2D eigenvalue weighted by molar-refractivity contribution is 7.92. The number of sulfonamides is 1. The van der Waals surface area contributed by atoms with Crippen LogP contribution in [0.5, 0.6) is 0 Å². The first-order chi connectivity index (χ1) is 10.8. The topological polar surface area (TPSA) is 72.2 Å². The van der Waals surface area contributed by atoms with Crippen LogP contribution in [0.3, 0.4) is 0 Å². The minimum Gasteiger partial charge on any atom is -0.356 e. The first kappa shape index (κ1) is 16.1. The van der Waals surface area contributed by atoms with Crippen molar-refractivity contribution in [3.63, 3.8) is 0 Å². The number of hydrogen-bond donors (Lipinski definition) is 1. The zero-order valence-electron chi connectivity index (χ0n) is 12.2. The lowest BCUT2D eigenvalue weighted by atomic mass is 10.1. The van der Waals surface area contributed by atoms with E-state index in [1.807, 2.05) is 0 Å². The third kappa shape index (κ3) is 3.02. The number of aryl methyl sites for hydroxylation is 2. The van der Waals surface area contributed by atoms with E-state index in [0.29, 0.717) is 22.5 Å². The Morgan fingerprint density at radius 2 is 1.87 bits per heavy atom. The van der Waals surface area contributed by atoms with Crippen LogP contribution in [0.4, 0.5) is 5.69 Å². The van der Waals surface area contributed by atoms with Gasteiger partial charge < -0.3 is 4.52 Å². The first-order valence-electron chi connectivity index (χ1n) is 6.62. The number of fused-ring (bicyclic) bond motifs is 1. The van der Waals surface area contributed by atoms with Gasteiger partial charge in [-0.3, -0.25) is 4.72 Å². The number of nitrogens with zero attached hydrogens (tertiary/aromatic N) is 1. The lowest BCUT2D eigenvalue weighted by molar-refractivity contribution is 0.450. The molecule has 0 spiro atoms. The number of anilines is 1. The largest absolute Gasteiger partial charge is 0.356 e. The molecule has 3 rings (SSSR count). The number of aromatic nitrogens is 1. The molecule has 0 saturated carbocycles. The van der Waals surface area contributed by atoms with Crippen molar-refractivity contribution in [1.29, 1.82) is 0 Å². The fourth-order valence-corrected chi connectivity index (χ4v) is 4.08. The Balaban J connectivity index is 2.08. The number of benzene rings is 2. The van der Waals surface area contributed by atoms with Gasteiger partial charge in [0.15, 0.2) is 5.58 Å². The predicted octanol–water partition coefficient (Wildman–Crippen LogP) is 4.55. The SMILES string of the molecule is Cc1cc2onc(C)c2cc1NS(=O)(=O)c1cc(Cl)ccc1Cl. The predicted molar refractivity (Wildman–Crippen MR) is 90.8 cm³/mol. The second-order valence-electron chi connectivity index (χ2n) is 5.11. The van der Waals surface area contributed by atoms with E-state index in [0.717, 1.165) is 5.39 Å². The van der Waals surface area contributed by atoms with Crippen LogP contribution >= 0.6 is 23.2 Å². The summed E-state index contributed by atoms with van der Waals surface area (Å²) in [6.07, 6.45) is 0. The van der Waals surface area contributed by atoms with Crippen LogP contribution in [0.15, 0.2) is 39.8 Å². The summed E-state index contributed by atoms with van der Waals surface area (Å²) >= 11 is 11.9. The van der Waals surface area contributed by atoms with Gasteiger partial charge in [0.05, 0.1) is 16.4 Å². The summed E-state index contributed by atoms with van der Waals surface area (Å²) in [5, 5.41) is 5.00. The molecule has 0 aliphatic rings. The average molecular weight is 371 g/mol. The monoisotopic (exact) mass is 370 g/mol. The Labute approximate surface area is 143 Å². The zero-order chi connectivity index (χ0) is 16.8. The van der Waals surface area contributed by atoms with E-state index in [1.165, 1.54) is 18.2 Å². The molecule has 0 atom stereocenters. The molecule has 2 aromatic carbocycles. The lowest BCUT2D eigenvalue weighted by Gasteiger charge is -2.12. The van der Waals surface area contributed by atoms with Gasteiger partial charge in [-0.05, 0) is 49.7 Å². The maximum atomic E-state index is 12.6. The maximum absolute atomic E-state index is 12.6. The normalized spacial score (nSPS) is 11.8. The van der Waals surface area contributed by atoms with Gasteiger partial charge in [0.1, 0.15) is 4.90 Å². The molecule has 8 heteroatoms. The smallest absolute Gasteiger partial charge is 0.263 e. The van der Waals surface area contributed by atoms with Crippen LogP contribution in [0.2, 0.25) is 10.0 Å². The molecule has 0 aliphatic heterocycles. The van der Waals surface area contributed by atoms with Crippen molar-refractivity contribution in [2.75, 3.05) is 4.72 Å². The van der Waals surface area contributed by atoms with Gasteiger partial charge in [0.25, 0.3) is 10.0 Å². The van der Waals surface area contributed by atoms with Crippen LogP contribution in [-0.4, -0.2) is 13.6 Å². The van der Waals surface area contributed by atoms with Crippen LogP contribution in [0.1, 0.15) is 11.3 Å². The van der Waals surface area contributed by atoms with Gasteiger partial charge >= 0.3 is 0 Å². The highest BCUT2D eigenvalue weighted by atomic mass is 35.5. The summed E-state index contributed by atoms with van der Waals surface area (Å²) < 4.78 is 32.9. The van der Waals surface area contributed by atoms with E-state index in [1.54, 1.807) is 26.0 Å². The number of nitrogens with one attached hydrogen (secondary N) is 1. The highest BCUT2D eigenvalue weighted by Crippen LogP contribution is 2.30. The summed E-state index contributed by atoms with van der Waals surface area (Å²) in [7, 11) is -3.87. The quantitative estimate of drug-likeness (QED) is 0.733. The van der Waals surface area contributed by atoms with Gasteiger partial charge in [0, 0.05) is 10.4 Å². The van der Waals surface area contributed by atoms with Crippen molar-refractivity contribution >= 4 is 49.9 Å². The minimum atomic E-state index is -3.87. The van der Waals surface area contributed by atoms with Crippen LogP contribution in [-0.2, 0) is 10.0 Å². The standard InChI is InChI=1S/C15H12Cl2N2O3S/c1-8-5-14-11(9(2)18-22-14)7-13(8)19-23(20,21)15-6-10(16)3-4-12(15)17/h3-7,19H,1-2H3. The summed E-state index contributed by atoms with van der Waals surface area (Å²) in [5.41, 5.74) is 2.42. The lowest BCUT2D eigenvalue weighted by Crippen LogP contribution is -2.14. The third-order valence-electron chi connectivity index (χ3n) is 3.42. The summed E-state index contributed by atoms with van der Waals surface area (Å²) in [5.74, 6) is 0. The van der Waals surface area contributed by atoms with E-state index >= 15 is 0 Å². The second-order valence-corrected chi connectivity index (χ2v) is 7.61. The summed E-state index contributed by atoms with van der Waals surface area (Å²) in [4.78, 5) is -0.0757. The third-order valence-corrected chi connectivity index (χ3v) is 5.51. The second kappa shape index (κ2) is 5.70. The number of hydrogen-bond acceptors (Lipinski definition) is 4. The Morgan fingerprint density at radius 1 is 1.13 bits per heavy atom. The van der Waals surface area contributed by atoms with Gasteiger partial charge in [-0.1, -0.05) is 28.4 Å². The van der Waals surface area contributed by atoms with Gasteiger partial charge in [0.2, 0.25) is 0 Å². The molecule has 1 heterocycles. The number of rotatable bonds is 3. The van der Waals surface area contributed by atoms with Crippen LogP contribution in [0.25, 0.3) is 11.0 Å². The molecule has 0 aliphatic carbocycles. The van der Waals surface area contributed by atoms with Crippen LogP contribution in [0, 0.1) is 13.8 Å². The van der Waals surface area contributed by atoms with E-state index < -0.39 is 10.0 Å². The molecule has 5 nitrogen and oxygen atoms in total. The van der Waals surface area contributed by atoms with Gasteiger partial charge in [-0.15, -0.1) is 0 Å². The fraction of sp³-hybridized carbons (Fsp3) is 0.133. The van der Waals surface area contributed by atoms with Gasteiger partial charge in [-0.25, -0.2) is 8.42 Å². The van der Waals surface area contributed by atoms with E-state index in [4.69, 9.17) is 27.7 Å². The first-order valence-corrected chi connectivity index (χ1v) is 8.86. The molecule has 1 aromatic heterocycles. The summed E-state index contributed by atoms with van der Waals surface area (Å²) in [6, 6.07) is 7.70. The van der Waals surface area contributed by atoms with E-state index in [2.05, 4.69) is 9.88 Å². The number of halogens is 2. The van der Waals surface area contributed by atoms with Crippen molar-refractivity contribution in [3.05, 3.63) is 51.6 Å². The van der Waals surface area contributed by atoms with Crippen molar-refractivity contribution in [1.82, 2.24) is 5.16 Å². The molecule has 0 saturated heterocycles. The molecule has 0 amide bonds.